The van der Waals surface area contributed by atoms with E-state index in [0.29, 0.717) is 17.1 Å². The van der Waals surface area contributed by atoms with E-state index in [1.165, 1.54) is 24.3 Å². The van der Waals surface area contributed by atoms with Crippen LogP contribution < -0.4 is 20.4 Å². The average molecular weight is 412 g/mol. The molecule has 0 radical (unpaired) electrons. The smallest absolute Gasteiger partial charge is 0.275 e. The average Bonchev–Trinajstić information content (AvgIpc) is 3.10. The highest BCUT2D eigenvalue weighted by molar-refractivity contribution is 6.11. The normalized spacial score (nSPS) is 15.5. The van der Waals surface area contributed by atoms with Crippen molar-refractivity contribution in [3.8, 4) is 0 Å². The molecule has 0 saturated heterocycles. The lowest BCUT2D eigenvalue weighted by Gasteiger charge is -2.25. The van der Waals surface area contributed by atoms with Gasteiger partial charge in [0.2, 0.25) is 0 Å². The Morgan fingerprint density at radius 3 is 1.87 bits per heavy atom. The van der Waals surface area contributed by atoms with Crippen molar-refractivity contribution in [3.63, 3.8) is 0 Å². The summed E-state index contributed by atoms with van der Waals surface area (Å²) >= 11 is 0. The third kappa shape index (κ3) is 4.02. The highest BCUT2D eigenvalue weighted by Gasteiger charge is 2.34. The summed E-state index contributed by atoms with van der Waals surface area (Å²) in [6.45, 7) is 0. The summed E-state index contributed by atoms with van der Waals surface area (Å²) in [5.74, 6) is -2.88. The second-order valence-corrected chi connectivity index (χ2v) is 6.94. The fraction of sp³-hybridized carbons (Fsp3) is 0.0417. The van der Waals surface area contributed by atoms with E-state index in [4.69, 9.17) is 0 Å². The van der Waals surface area contributed by atoms with E-state index >= 15 is 0 Å². The van der Waals surface area contributed by atoms with Crippen molar-refractivity contribution >= 4 is 29.2 Å². The fourth-order valence-corrected chi connectivity index (χ4v) is 3.43. The Kier molecular flexibility index (Phi) is 5.24. The lowest BCUT2D eigenvalue weighted by molar-refractivity contribution is -0.256. The minimum Gasteiger partial charge on any atom is -0.545 e. The monoisotopic (exact) mass is 412 g/mol. The Labute approximate surface area is 177 Å². The van der Waals surface area contributed by atoms with Crippen LogP contribution >= 0.6 is 0 Å². The van der Waals surface area contributed by atoms with Crippen LogP contribution in [0.5, 0.6) is 0 Å². The number of hydrogen-bond acceptors (Lipinski definition) is 6. The molecule has 7 heteroatoms. The van der Waals surface area contributed by atoms with Crippen LogP contribution in [0.25, 0.3) is 0 Å². The molecule has 1 heterocycles. The zero-order valence-corrected chi connectivity index (χ0v) is 16.1. The van der Waals surface area contributed by atoms with Gasteiger partial charge in [0.25, 0.3) is 5.91 Å². The van der Waals surface area contributed by atoms with Gasteiger partial charge in [0.15, 0.2) is 0 Å². The van der Waals surface area contributed by atoms with Crippen LogP contribution in [0.15, 0.2) is 90.6 Å². The molecule has 1 aliphatic heterocycles. The molecule has 0 spiro atoms. The lowest BCUT2D eigenvalue weighted by Crippen LogP contribution is -2.31. The Balaban J connectivity index is 1.67. The maximum absolute atomic E-state index is 13.3. The number of nitrogens with zero attached hydrogens (tertiary/aromatic N) is 1. The van der Waals surface area contributed by atoms with Crippen molar-refractivity contribution in [1.82, 2.24) is 0 Å². The van der Waals surface area contributed by atoms with Gasteiger partial charge in [0.1, 0.15) is 5.70 Å². The summed E-state index contributed by atoms with van der Waals surface area (Å²) in [5.41, 5.74) is 2.33. The molecule has 1 unspecified atom stereocenters. The van der Waals surface area contributed by atoms with E-state index in [2.05, 4.69) is 5.32 Å². The van der Waals surface area contributed by atoms with Crippen LogP contribution in [-0.4, -0.2) is 17.8 Å². The van der Waals surface area contributed by atoms with Crippen molar-refractivity contribution in [2.45, 2.75) is 6.04 Å². The zero-order chi connectivity index (χ0) is 22.0. The Morgan fingerprint density at radius 2 is 1.32 bits per heavy atom. The number of carboxylic acids is 2. The van der Waals surface area contributed by atoms with Gasteiger partial charge in [0, 0.05) is 11.4 Å². The van der Waals surface area contributed by atoms with E-state index < -0.39 is 18.0 Å². The van der Waals surface area contributed by atoms with Crippen LogP contribution in [-0.2, 0) is 4.79 Å². The van der Waals surface area contributed by atoms with Gasteiger partial charge < -0.3 is 25.1 Å². The molecule has 0 aromatic heterocycles. The number of carbonyl (C=O) groups excluding carboxylic acids is 3. The quantitative estimate of drug-likeness (QED) is 0.657. The van der Waals surface area contributed by atoms with Gasteiger partial charge in [-0.05, 0) is 47.0 Å². The van der Waals surface area contributed by atoms with Gasteiger partial charge >= 0.3 is 0 Å². The second-order valence-electron chi connectivity index (χ2n) is 6.94. The Morgan fingerprint density at radius 1 is 0.774 bits per heavy atom. The molecule has 0 aliphatic carbocycles. The van der Waals surface area contributed by atoms with Gasteiger partial charge in [-0.25, -0.2) is 0 Å². The van der Waals surface area contributed by atoms with Crippen molar-refractivity contribution in [3.05, 3.63) is 107 Å². The standard InChI is InChI=1S/C24H18N2O5/c27-22-20(25-18-10-6-16(7-11-18)23(28)29)14-21(15-4-2-1-3-5-15)26(22)19-12-8-17(9-13-19)24(30)31/h1-14,21,25H,(H,28,29)(H,30,31)/p-2. The number of benzene rings is 3. The van der Waals surface area contributed by atoms with Crippen LogP contribution in [0.3, 0.4) is 0 Å². The maximum atomic E-state index is 13.3. The second kappa shape index (κ2) is 8.16. The molecule has 1 amide bonds. The van der Waals surface area contributed by atoms with Gasteiger partial charge in [-0.1, -0.05) is 54.6 Å². The molecule has 1 aliphatic rings. The number of carboxylic acid groups (broad SMARTS) is 2. The molecule has 31 heavy (non-hydrogen) atoms. The summed E-state index contributed by atoms with van der Waals surface area (Å²) in [4.78, 5) is 36.8. The van der Waals surface area contributed by atoms with Crippen LogP contribution in [0.2, 0.25) is 0 Å². The molecule has 7 nitrogen and oxygen atoms in total. The highest BCUT2D eigenvalue weighted by atomic mass is 16.4. The molecule has 1 atom stereocenters. The SMILES string of the molecule is O=C([O-])c1ccc(NC2=CC(c3ccccc3)N(c3ccc(C(=O)[O-])cc3)C2=O)cc1. The molecule has 0 fully saturated rings. The predicted octanol–water partition coefficient (Wildman–Crippen LogP) is 1.50. The first-order chi connectivity index (χ1) is 14.9. The summed E-state index contributed by atoms with van der Waals surface area (Å²) < 4.78 is 0. The van der Waals surface area contributed by atoms with Gasteiger partial charge in [-0.15, -0.1) is 0 Å². The third-order valence-corrected chi connectivity index (χ3v) is 4.97. The molecule has 1 N–H and O–H groups in total. The number of carbonyl (C=O) groups is 3. The molecular formula is C24H16N2O5-2. The van der Waals surface area contributed by atoms with E-state index in [9.17, 15) is 24.6 Å². The molecular weight excluding hydrogens is 396 g/mol. The summed E-state index contributed by atoms with van der Waals surface area (Å²) in [6.07, 6.45) is 1.77. The third-order valence-electron chi connectivity index (χ3n) is 4.97. The summed E-state index contributed by atoms with van der Waals surface area (Å²) in [6, 6.07) is 20.8. The van der Waals surface area contributed by atoms with Gasteiger partial charge in [-0.3, -0.25) is 9.69 Å². The topological polar surface area (TPSA) is 113 Å². The molecule has 0 saturated carbocycles. The number of anilines is 2. The summed E-state index contributed by atoms with van der Waals surface area (Å²) in [7, 11) is 0. The molecule has 4 rings (SSSR count). The van der Waals surface area contributed by atoms with Crippen LogP contribution in [0.4, 0.5) is 11.4 Å². The Hall–Kier alpha value is -4.39. The number of amides is 1. The van der Waals surface area contributed by atoms with E-state index in [0.717, 1.165) is 5.56 Å². The first-order valence-electron chi connectivity index (χ1n) is 9.44. The minimum absolute atomic E-state index is 0.0194. The zero-order valence-electron chi connectivity index (χ0n) is 16.1. The fourth-order valence-electron chi connectivity index (χ4n) is 3.43. The highest BCUT2D eigenvalue weighted by Crippen LogP contribution is 2.36. The van der Waals surface area contributed by atoms with Crippen LogP contribution in [0, 0.1) is 0 Å². The number of hydrogen-bond donors (Lipinski definition) is 1. The van der Waals surface area contributed by atoms with Crippen molar-refractivity contribution < 1.29 is 24.6 Å². The largest absolute Gasteiger partial charge is 0.545 e. The molecule has 3 aromatic rings. The van der Waals surface area contributed by atoms with Crippen molar-refractivity contribution in [2.24, 2.45) is 0 Å². The number of nitrogens with one attached hydrogen (secondary N) is 1. The van der Waals surface area contributed by atoms with Gasteiger partial charge in [0.05, 0.1) is 18.0 Å². The van der Waals surface area contributed by atoms with Crippen molar-refractivity contribution in [2.75, 3.05) is 10.2 Å². The predicted molar refractivity (Wildman–Crippen MR) is 110 cm³/mol. The number of aromatic carboxylic acids is 2. The lowest BCUT2D eigenvalue weighted by atomic mass is 10.1. The minimum atomic E-state index is -1.29. The van der Waals surface area contributed by atoms with E-state index in [1.807, 2.05) is 30.3 Å². The van der Waals surface area contributed by atoms with Gasteiger partial charge in [-0.2, -0.15) is 0 Å². The maximum Gasteiger partial charge on any atom is 0.275 e. The first kappa shape index (κ1) is 19.9. The van der Waals surface area contributed by atoms with E-state index in [-0.39, 0.29) is 17.0 Å². The molecule has 3 aromatic carbocycles. The van der Waals surface area contributed by atoms with Crippen molar-refractivity contribution in [1.29, 1.82) is 0 Å². The molecule has 154 valence electrons. The number of rotatable bonds is 6. The summed E-state index contributed by atoms with van der Waals surface area (Å²) in [5, 5.41) is 25.0. The van der Waals surface area contributed by atoms with E-state index in [1.54, 1.807) is 35.2 Å². The molecule has 0 bridgehead atoms. The van der Waals surface area contributed by atoms with Crippen LogP contribution in [0.1, 0.15) is 32.3 Å². The Bertz CT molecular complexity index is 1170. The first-order valence-corrected chi connectivity index (χ1v) is 9.44.